The van der Waals surface area contributed by atoms with Gasteiger partial charge in [0.2, 0.25) is 0 Å². The molecule has 1 aromatic carbocycles. The minimum absolute atomic E-state index is 0.142. The summed E-state index contributed by atoms with van der Waals surface area (Å²) in [6.07, 6.45) is -3.41. The first-order valence-corrected chi connectivity index (χ1v) is 10.8. The van der Waals surface area contributed by atoms with E-state index in [-0.39, 0.29) is 13.2 Å². The van der Waals surface area contributed by atoms with Gasteiger partial charge in [0.25, 0.3) is 0 Å². The van der Waals surface area contributed by atoms with Gasteiger partial charge in [0.1, 0.15) is 24.3 Å². The van der Waals surface area contributed by atoms with Gasteiger partial charge < -0.3 is 23.7 Å². The monoisotopic (exact) mass is 440 g/mol. The Morgan fingerprint density at radius 1 is 0.933 bits per heavy atom. The van der Waals surface area contributed by atoms with E-state index in [0.717, 1.165) is 5.56 Å². The van der Waals surface area contributed by atoms with Gasteiger partial charge in [-0.2, -0.15) is 0 Å². The zero-order valence-corrected chi connectivity index (χ0v) is 18.4. The van der Waals surface area contributed by atoms with Gasteiger partial charge in [0.05, 0.1) is 6.61 Å². The van der Waals surface area contributed by atoms with E-state index in [0.29, 0.717) is 5.75 Å². The third kappa shape index (κ3) is 7.30. The quantitative estimate of drug-likeness (QED) is 0.424. The summed E-state index contributed by atoms with van der Waals surface area (Å²) in [7, 11) is 0. The lowest BCUT2D eigenvalue weighted by molar-refractivity contribution is -0.241. The molecule has 1 saturated heterocycles. The van der Waals surface area contributed by atoms with Crippen molar-refractivity contribution in [2.24, 2.45) is 0 Å². The highest BCUT2D eigenvalue weighted by atomic mass is 32.2. The lowest BCUT2D eigenvalue weighted by Crippen LogP contribution is -2.61. The molecule has 0 spiro atoms. The van der Waals surface area contributed by atoms with Gasteiger partial charge in [0.15, 0.2) is 12.2 Å². The van der Waals surface area contributed by atoms with Crippen molar-refractivity contribution in [3.05, 3.63) is 35.9 Å². The smallest absolute Gasteiger partial charge is 0.303 e. The van der Waals surface area contributed by atoms with Crippen molar-refractivity contribution < 1.29 is 38.1 Å². The van der Waals surface area contributed by atoms with E-state index in [2.05, 4.69) is 0 Å². The minimum Gasteiger partial charge on any atom is -0.463 e. The van der Waals surface area contributed by atoms with Gasteiger partial charge in [-0.15, -0.1) is 11.8 Å². The van der Waals surface area contributed by atoms with Crippen molar-refractivity contribution >= 4 is 29.7 Å². The molecule has 0 amide bonds. The first-order chi connectivity index (χ1) is 14.3. The number of ether oxygens (including phenoxy) is 5. The summed E-state index contributed by atoms with van der Waals surface area (Å²) in [6, 6.07) is 9.53. The molecule has 0 aromatic heterocycles. The number of carbonyl (C=O) groups is 3. The number of benzene rings is 1. The van der Waals surface area contributed by atoms with Crippen LogP contribution in [-0.4, -0.2) is 60.1 Å². The molecule has 1 aromatic rings. The van der Waals surface area contributed by atoms with E-state index in [1.165, 1.54) is 32.5 Å². The predicted molar refractivity (Wildman–Crippen MR) is 110 cm³/mol. The van der Waals surface area contributed by atoms with Gasteiger partial charge in [-0.05, 0) is 11.3 Å². The lowest BCUT2D eigenvalue weighted by atomic mass is 9.99. The highest BCUT2D eigenvalue weighted by Crippen LogP contribution is 2.34. The van der Waals surface area contributed by atoms with Crippen LogP contribution >= 0.6 is 11.8 Å². The Morgan fingerprint density at radius 3 is 2.13 bits per heavy atom. The highest BCUT2D eigenvalue weighted by molar-refractivity contribution is 7.99. The number of thioether (sulfide) groups is 1. The molecule has 1 fully saturated rings. The molecule has 0 aliphatic carbocycles. The second-order valence-electron chi connectivity index (χ2n) is 6.71. The van der Waals surface area contributed by atoms with Crippen LogP contribution in [0, 0.1) is 0 Å². The maximum absolute atomic E-state index is 11.8. The van der Waals surface area contributed by atoms with Crippen molar-refractivity contribution in [3.8, 4) is 0 Å². The van der Waals surface area contributed by atoms with E-state index in [1.54, 1.807) is 0 Å². The Balaban J connectivity index is 2.31. The van der Waals surface area contributed by atoms with Gasteiger partial charge in [0, 0.05) is 20.8 Å². The predicted octanol–water partition coefficient (Wildman–Crippen LogP) is 2.48. The zero-order chi connectivity index (χ0) is 22.1. The van der Waals surface area contributed by atoms with E-state index in [1.807, 2.05) is 37.3 Å². The third-order valence-corrected chi connectivity index (χ3v) is 5.30. The van der Waals surface area contributed by atoms with E-state index < -0.39 is 47.8 Å². The van der Waals surface area contributed by atoms with Crippen LogP contribution in [0.15, 0.2) is 30.3 Å². The molecule has 1 unspecified atom stereocenters. The number of esters is 3. The molecule has 30 heavy (non-hydrogen) atoms. The maximum atomic E-state index is 11.8. The van der Waals surface area contributed by atoms with E-state index >= 15 is 0 Å². The second kappa shape index (κ2) is 11.9. The Bertz CT molecular complexity index is 710. The van der Waals surface area contributed by atoms with Gasteiger partial charge in [-0.3, -0.25) is 14.4 Å². The molecule has 1 aliphatic rings. The van der Waals surface area contributed by atoms with Gasteiger partial charge in [-0.1, -0.05) is 37.3 Å². The van der Waals surface area contributed by atoms with Crippen LogP contribution in [0.1, 0.15) is 33.3 Å². The first kappa shape index (κ1) is 24.2. The second-order valence-corrected chi connectivity index (χ2v) is 8.09. The van der Waals surface area contributed by atoms with Crippen molar-refractivity contribution in [2.75, 3.05) is 12.4 Å². The number of carbonyl (C=O) groups excluding carboxylic acids is 3. The van der Waals surface area contributed by atoms with Crippen molar-refractivity contribution in [3.63, 3.8) is 0 Å². The lowest BCUT2D eigenvalue weighted by Gasteiger charge is -2.44. The van der Waals surface area contributed by atoms with Crippen LogP contribution in [-0.2, 0) is 44.7 Å². The minimum atomic E-state index is -0.986. The number of hydrogen-bond acceptors (Lipinski definition) is 9. The number of hydrogen-bond donors (Lipinski definition) is 0. The van der Waals surface area contributed by atoms with E-state index in [9.17, 15) is 14.4 Å². The molecular formula is C21H28O8S. The maximum Gasteiger partial charge on any atom is 0.303 e. The standard InChI is InChI=1S/C21H28O8S/c1-5-30-21-20(26-11-16-9-7-6-8-10-16)19(28-15(4)24)18(27-14(3)23)17(29-21)12-25-13(2)22/h6-10,17-21H,5,11-12H2,1-4H3/t17-,18-,19+,20-,21?/m1/s1. The summed E-state index contributed by atoms with van der Waals surface area (Å²) in [5, 5.41) is 0. The van der Waals surface area contributed by atoms with E-state index in [4.69, 9.17) is 23.7 Å². The normalized spacial score (nSPS) is 25.9. The van der Waals surface area contributed by atoms with Crippen LogP contribution < -0.4 is 0 Å². The fourth-order valence-electron chi connectivity index (χ4n) is 3.11. The average Bonchev–Trinajstić information content (AvgIpc) is 2.68. The molecule has 0 bridgehead atoms. The van der Waals surface area contributed by atoms with Crippen molar-refractivity contribution in [1.29, 1.82) is 0 Å². The van der Waals surface area contributed by atoms with Crippen LogP contribution in [0.3, 0.4) is 0 Å². The molecule has 0 saturated carbocycles. The van der Waals surface area contributed by atoms with Crippen LogP contribution in [0.5, 0.6) is 0 Å². The molecule has 0 radical (unpaired) electrons. The topological polar surface area (TPSA) is 97.4 Å². The molecule has 9 heteroatoms. The summed E-state index contributed by atoms with van der Waals surface area (Å²) < 4.78 is 28.3. The molecule has 0 N–H and O–H groups in total. The zero-order valence-electron chi connectivity index (χ0n) is 17.6. The molecule has 8 nitrogen and oxygen atoms in total. The largest absolute Gasteiger partial charge is 0.463 e. The Hall–Kier alpha value is -2.10. The molecular weight excluding hydrogens is 412 g/mol. The summed E-state index contributed by atoms with van der Waals surface area (Å²) in [4.78, 5) is 34.9. The summed E-state index contributed by atoms with van der Waals surface area (Å²) in [5.41, 5.74) is 0.417. The van der Waals surface area contributed by atoms with Gasteiger partial charge >= 0.3 is 17.9 Å². The summed E-state index contributed by atoms with van der Waals surface area (Å²) in [6.45, 7) is 5.88. The molecule has 1 heterocycles. The SMILES string of the molecule is CCSC1O[C@H](COC(C)=O)[C@@H](OC(C)=O)[C@H](OC(C)=O)[C@H]1OCc1ccccc1. The molecule has 2 rings (SSSR count). The molecule has 5 atom stereocenters. The Labute approximate surface area is 180 Å². The third-order valence-electron chi connectivity index (χ3n) is 4.26. The fourth-order valence-corrected chi connectivity index (χ4v) is 4.09. The summed E-state index contributed by atoms with van der Waals surface area (Å²) >= 11 is 1.47. The van der Waals surface area contributed by atoms with Crippen molar-refractivity contribution in [2.45, 2.75) is 64.2 Å². The van der Waals surface area contributed by atoms with Crippen molar-refractivity contribution in [1.82, 2.24) is 0 Å². The Kier molecular flexibility index (Phi) is 9.61. The fraction of sp³-hybridized carbons (Fsp3) is 0.571. The average molecular weight is 441 g/mol. The first-order valence-electron chi connectivity index (χ1n) is 9.72. The molecule has 1 aliphatic heterocycles. The Morgan fingerprint density at radius 2 is 1.57 bits per heavy atom. The highest BCUT2D eigenvalue weighted by Gasteiger charge is 2.51. The van der Waals surface area contributed by atoms with Crippen LogP contribution in [0.4, 0.5) is 0 Å². The number of rotatable bonds is 9. The summed E-state index contributed by atoms with van der Waals surface area (Å²) in [5.74, 6) is -0.900. The van der Waals surface area contributed by atoms with Crippen LogP contribution in [0.2, 0.25) is 0 Å². The van der Waals surface area contributed by atoms with Gasteiger partial charge in [-0.25, -0.2) is 0 Å². The van der Waals surface area contributed by atoms with Crippen LogP contribution in [0.25, 0.3) is 0 Å². The molecule has 166 valence electrons.